The van der Waals surface area contributed by atoms with Crippen molar-refractivity contribution in [3.63, 3.8) is 0 Å². The molecular weight excluding hydrogens is 380 g/mol. The molecule has 0 aromatic heterocycles. The molecule has 8 heteroatoms. The molecule has 0 aliphatic heterocycles. The second-order valence-corrected chi connectivity index (χ2v) is 6.40. The van der Waals surface area contributed by atoms with Gasteiger partial charge in [-0.25, -0.2) is 0 Å². The van der Waals surface area contributed by atoms with Crippen LogP contribution in [-0.4, -0.2) is 51.6 Å². The fourth-order valence-corrected chi connectivity index (χ4v) is 3.29. The highest BCUT2D eigenvalue weighted by molar-refractivity contribution is 6.21. The number of hydrogen-bond acceptors (Lipinski definition) is 8. The lowest BCUT2D eigenvalue weighted by Crippen LogP contribution is -2.22. The minimum atomic E-state index is -0.404. The predicted molar refractivity (Wildman–Crippen MR) is 101 cm³/mol. The van der Waals surface area contributed by atoms with E-state index in [0.29, 0.717) is 32.1 Å². The third-order valence-corrected chi connectivity index (χ3v) is 4.72. The van der Waals surface area contributed by atoms with Crippen molar-refractivity contribution >= 4 is 23.1 Å². The average molecular weight is 404 g/mol. The third-order valence-electron chi connectivity index (χ3n) is 4.72. The Kier molecular flexibility index (Phi) is 7.52. The zero-order valence-electron chi connectivity index (χ0n) is 17.0. The van der Waals surface area contributed by atoms with Gasteiger partial charge in [-0.15, -0.1) is 0 Å². The molecule has 0 N–H and O–H groups in total. The highest BCUT2D eigenvalue weighted by atomic mass is 16.5. The van der Waals surface area contributed by atoms with Crippen LogP contribution in [0.25, 0.3) is 0 Å². The van der Waals surface area contributed by atoms with Crippen LogP contribution >= 0.6 is 0 Å². The molecule has 0 spiro atoms. The van der Waals surface area contributed by atoms with E-state index in [4.69, 9.17) is 18.9 Å². The van der Waals surface area contributed by atoms with E-state index in [-0.39, 0.29) is 45.7 Å². The molecule has 0 saturated heterocycles. The Morgan fingerprint density at radius 1 is 0.586 bits per heavy atom. The van der Waals surface area contributed by atoms with E-state index in [1.165, 1.54) is 28.4 Å². The average Bonchev–Trinajstić information content (AvgIpc) is 2.71. The lowest BCUT2D eigenvalue weighted by molar-refractivity contribution is -0.120. The first-order chi connectivity index (χ1) is 13.9. The van der Waals surface area contributed by atoms with E-state index in [1.807, 2.05) is 0 Å². The first-order valence-corrected chi connectivity index (χ1v) is 9.13. The van der Waals surface area contributed by atoms with Crippen molar-refractivity contribution in [2.75, 3.05) is 28.4 Å². The van der Waals surface area contributed by atoms with Gasteiger partial charge in [0.1, 0.15) is 0 Å². The first-order valence-electron chi connectivity index (χ1n) is 9.13. The van der Waals surface area contributed by atoms with Crippen molar-refractivity contribution in [1.82, 2.24) is 0 Å². The van der Waals surface area contributed by atoms with E-state index < -0.39 is 11.6 Å². The smallest absolute Gasteiger partial charge is 0.227 e. The second kappa shape index (κ2) is 9.86. The van der Waals surface area contributed by atoms with Gasteiger partial charge in [0.2, 0.25) is 23.1 Å². The number of unbranched alkanes of at least 4 members (excludes halogenated alkanes) is 2. The number of rotatable bonds is 10. The highest BCUT2D eigenvalue weighted by Gasteiger charge is 2.31. The zero-order valence-corrected chi connectivity index (χ0v) is 17.0. The molecule has 0 heterocycles. The monoisotopic (exact) mass is 404 g/mol. The quantitative estimate of drug-likeness (QED) is 0.403. The molecule has 8 nitrogen and oxygen atoms in total. The fraction of sp³-hybridized carbons (Fsp3) is 0.429. The molecule has 0 unspecified atom stereocenters. The van der Waals surface area contributed by atoms with Crippen molar-refractivity contribution < 1.29 is 38.1 Å². The molecule has 2 aliphatic carbocycles. The molecule has 156 valence electrons. The number of hydrogen-bond donors (Lipinski definition) is 0. The van der Waals surface area contributed by atoms with Crippen LogP contribution in [0.1, 0.15) is 32.1 Å². The summed E-state index contributed by atoms with van der Waals surface area (Å²) in [5.74, 6) is -1.49. The van der Waals surface area contributed by atoms with Crippen LogP contribution in [0, 0.1) is 0 Å². The number of allylic oxidation sites excluding steroid dienone is 4. The molecule has 0 aromatic carbocycles. The molecule has 0 fully saturated rings. The summed E-state index contributed by atoms with van der Waals surface area (Å²) in [5, 5.41) is 0. The SMILES string of the molecule is COC1=CC(=O)C(OC)=C(CCCCCC2=C(OC)C(=O)C=C(OC)C2=O)C1=O. The lowest BCUT2D eigenvalue weighted by Gasteiger charge is -2.18. The molecule has 2 aliphatic rings. The van der Waals surface area contributed by atoms with Gasteiger partial charge in [0.25, 0.3) is 0 Å². The van der Waals surface area contributed by atoms with E-state index in [1.54, 1.807) is 0 Å². The first kappa shape index (κ1) is 22.1. The van der Waals surface area contributed by atoms with Crippen molar-refractivity contribution in [3.8, 4) is 0 Å². The maximum atomic E-state index is 12.4. The molecule has 0 bridgehead atoms. The van der Waals surface area contributed by atoms with Gasteiger partial charge in [-0.1, -0.05) is 6.42 Å². The number of carbonyl (C=O) groups excluding carboxylic acids is 4. The Morgan fingerprint density at radius 2 is 0.966 bits per heavy atom. The van der Waals surface area contributed by atoms with Gasteiger partial charge in [0.05, 0.1) is 28.4 Å². The van der Waals surface area contributed by atoms with E-state index >= 15 is 0 Å². The standard InChI is InChI=1S/C21H24O8/c1-26-16-10-14(22)20(28-3)12(18(16)24)8-6-5-7-9-13-19(25)17(27-2)11-15(23)21(13)29-4/h10-11H,5-9H2,1-4H3. The molecule has 29 heavy (non-hydrogen) atoms. The number of ketones is 4. The van der Waals surface area contributed by atoms with E-state index in [0.717, 1.165) is 12.2 Å². The van der Waals surface area contributed by atoms with Crippen LogP contribution in [0.4, 0.5) is 0 Å². The summed E-state index contributed by atoms with van der Waals surface area (Å²) in [5.41, 5.74) is 0.560. The molecular formula is C21H24O8. The van der Waals surface area contributed by atoms with Crippen LogP contribution in [-0.2, 0) is 38.1 Å². The van der Waals surface area contributed by atoms with Gasteiger partial charge in [-0.2, -0.15) is 0 Å². The van der Waals surface area contributed by atoms with Crippen LogP contribution in [0.15, 0.2) is 46.3 Å². The summed E-state index contributed by atoms with van der Waals surface area (Å²) < 4.78 is 20.1. The van der Waals surface area contributed by atoms with Crippen molar-refractivity contribution in [2.24, 2.45) is 0 Å². The minimum Gasteiger partial charge on any atom is -0.493 e. The largest absolute Gasteiger partial charge is 0.493 e. The van der Waals surface area contributed by atoms with Crippen LogP contribution in [0.3, 0.4) is 0 Å². The molecule has 0 atom stereocenters. The maximum Gasteiger partial charge on any atom is 0.227 e. The number of ether oxygens (including phenoxy) is 4. The van der Waals surface area contributed by atoms with Crippen molar-refractivity contribution in [3.05, 3.63) is 46.3 Å². The Balaban J connectivity index is 1.98. The number of carbonyl (C=O) groups is 4. The number of methoxy groups -OCH3 is 4. The molecule has 0 radical (unpaired) electrons. The normalized spacial score (nSPS) is 17.4. The number of Topliss-reactive ketones (excluding diaryl/α,β-unsaturated/α-hetero) is 2. The van der Waals surface area contributed by atoms with Gasteiger partial charge < -0.3 is 18.9 Å². The zero-order chi connectivity index (χ0) is 21.6. The Morgan fingerprint density at radius 3 is 1.28 bits per heavy atom. The fourth-order valence-electron chi connectivity index (χ4n) is 3.29. The summed E-state index contributed by atoms with van der Waals surface area (Å²) in [4.78, 5) is 48.9. The molecule has 0 amide bonds. The summed E-state index contributed by atoms with van der Waals surface area (Å²) in [7, 11) is 5.35. The van der Waals surface area contributed by atoms with Gasteiger partial charge in [0.15, 0.2) is 23.0 Å². The van der Waals surface area contributed by atoms with Crippen LogP contribution in [0.5, 0.6) is 0 Å². The summed E-state index contributed by atoms with van der Waals surface area (Å²) in [6, 6.07) is 0. The lowest BCUT2D eigenvalue weighted by atomic mass is 9.92. The molecule has 0 saturated carbocycles. The van der Waals surface area contributed by atoms with Crippen molar-refractivity contribution in [2.45, 2.75) is 32.1 Å². The third kappa shape index (κ3) is 4.64. The Hall–Kier alpha value is -3.16. The topological polar surface area (TPSA) is 105 Å². The van der Waals surface area contributed by atoms with Crippen LogP contribution in [0.2, 0.25) is 0 Å². The summed E-state index contributed by atoms with van der Waals surface area (Å²) in [6.07, 6.45) is 4.74. The van der Waals surface area contributed by atoms with Gasteiger partial charge >= 0.3 is 0 Å². The molecule has 0 aromatic rings. The maximum absolute atomic E-state index is 12.4. The van der Waals surface area contributed by atoms with Gasteiger partial charge in [0, 0.05) is 23.3 Å². The van der Waals surface area contributed by atoms with Crippen LogP contribution < -0.4 is 0 Å². The summed E-state index contributed by atoms with van der Waals surface area (Å²) >= 11 is 0. The predicted octanol–water partition coefficient (Wildman–Crippen LogP) is 2.10. The van der Waals surface area contributed by atoms with E-state index in [9.17, 15) is 19.2 Å². The highest BCUT2D eigenvalue weighted by Crippen LogP contribution is 2.27. The minimum absolute atomic E-state index is 0.00844. The molecule has 2 rings (SSSR count). The summed E-state index contributed by atoms with van der Waals surface area (Å²) in [6.45, 7) is 0. The second-order valence-electron chi connectivity index (χ2n) is 6.40. The van der Waals surface area contributed by atoms with Crippen molar-refractivity contribution in [1.29, 1.82) is 0 Å². The van der Waals surface area contributed by atoms with E-state index in [2.05, 4.69) is 0 Å². The Bertz CT molecular complexity index is 784. The Labute approximate surface area is 168 Å². The van der Waals surface area contributed by atoms with Gasteiger partial charge in [-0.3, -0.25) is 19.2 Å². The van der Waals surface area contributed by atoms with Gasteiger partial charge in [-0.05, 0) is 25.7 Å².